The fourth-order valence-corrected chi connectivity index (χ4v) is 1.46. The van der Waals surface area contributed by atoms with Crippen LogP contribution in [0, 0.1) is 5.92 Å². The molecule has 7 heteroatoms. The molecule has 0 fully saturated rings. The minimum absolute atomic E-state index is 0.110. The SMILES string of the molecule is CC(C)Cn1ncc(NCC(F)F)c(Cl)c1=O. The van der Waals surface area contributed by atoms with Crippen molar-refractivity contribution < 1.29 is 8.78 Å². The Labute approximate surface area is 103 Å². The van der Waals surface area contributed by atoms with Gasteiger partial charge in [0.1, 0.15) is 5.02 Å². The average molecular weight is 266 g/mol. The van der Waals surface area contributed by atoms with Crippen LogP contribution < -0.4 is 10.9 Å². The molecular formula is C10H14ClF2N3O. The highest BCUT2D eigenvalue weighted by Gasteiger charge is 2.11. The van der Waals surface area contributed by atoms with E-state index in [0.29, 0.717) is 6.54 Å². The van der Waals surface area contributed by atoms with E-state index in [2.05, 4.69) is 10.4 Å². The molecule has 0 unspecified atom stereocenters. The van der Waals surface area contributed by atoms with E-state index in [0.717, 1.165) is 0 Å². The van der Waals surface area contributed by atoms with E-state index >= 15 is 0 Å². The first kappa shape index (κ1) is 13.9. The summed E-state index contributed by atoms with van der Waals surface area (Å²) >= 11 is 5.78. The maximum atomic E-state index is 12.0. The number of nitrogens with zero attached hydrogens (tertiary/aromatic N) is 2. The Balaban J connectivity index is 2.90. The number of nitrogens with one attached hydrogen (secondary N) is 1. The maximum Gasteiger partial charge on any atom is 0.287 e. The summed E-state index contributed by atoms with van der Waals surface area (Å²) in [6.07, 6.45) is -1.22. The third-order valence-corrected chi connectivity index (χ3v) is 2.34. The van der Waals surface area contributed by atoms with Crippen LogP contribution in [0.2, 0.25) is 5.02 Å². The van der Waals surface area contributed by atoms with Gasteiger partial charge in [-0.3, -0.25) is 4.79 Å². The summed E-state index contributed by atoms with van der Waals surface area (Å²) in [5, 5.41) is 6.14. The molecule has 1 aromatic rings. The van der Waals surface area contributed by atoms with Crippen LogP contribution in [0.3, 0.4) is 0 Å². The largest absolute Gasteiger partial charge is 0.377 e. The smallest absolute Gasteiger partial charge is 0.287 e. The molecule has 1 N–H and O–H groups in total. The van der Waals surface area contributed by atoms with Gasteiger partial charge in [-0.05, 0) is 5.92 Å². The van der Waals surface area contributed by atoms with Gasteiger partial charge in [-0.2, -0.15) is 5.10 Å². The van der Waals surface area contributed by atoms with E-state index < -0.39 is 18.5 Å². The summed E-state index contributed by atoms with van der Waals surface area (Å²) in [7, 11) is 0. The highest BCUT2D eigenvalue weighted by Crippen LogP contribution is 2.15. The second kappa shape index (κ2) is 5.95. The Bertz CT molecular complexity index is 434. The molecule has 0 saturated heterocycles. The predicted molar refractivity (Wildman–Crippen MR) is 62.8 cm³/mol. The first-order valence-corrected chi connectivity index (χ1v) is 5.57. The van der Waals surface area contributed by atoms with Crippen LogP contribution in [0.1, 0.15) is 13.8 Å². The lowest BCUT2D eigenvalue weighted by molar-refractivity contribution is 0.163. The zero-order valence-electron chi connectivity index (χ0n) is 9.58. The summed E-state index contributed by atoms with van der Waals surface area (Å²) in [6.45, 7) is 3.75. The van der Waals surface area contributed by atoms with Crippen molar-refractivity contribution in [2.45, 2.75) is 26.8 Å². The molecule has 0 aromatic carbocycles. The van der Waals surface area contributed by atoms with Crippen molar-refractivity contribution in [1.82, 2.24) is 9.78 Å². The molecule has 96 valence electrons. The zero-order valence-corrected chi connectivity index (χ0v) is 10.3. The average Bonchev–Trinajstić information content (AvgIpc) is 2.23. The molecule has 0 radical (unpaired) electrons. The van der Waals surface area contributed by atoms with E-state index in [-0.39, 0.29) is 16.6 Å². The summed E-state index contributed by atoms with van der Waals surface area (Å²) < 4.78 is 25.2. The number of hydrogen-bond acceptors (Lipinski definition) is 3. The van der Waals surface area contributed by atoms with Gasteiger partial charge in [0.05, 0.1) is 18.4 Å². The molecule has 0 aliphatic rings. The van der Waals surface area contributed by atoms with E-state index in [1.807, 2.05) is 13.8 Å². The molecule has 1 aromatic heterocycles. The summed E-state index contributed by atoms with van der Waals surface area (Å²) in [5.41, 5.74) is -0.336. The van der Waals surface area contributed by atoms with E-state index in [9.17, 15) is 13.6 Å². The molecule has 0 saturated carbocycles. The quantitative estimate of drug-likeness (QED) is 0.888. The van der Waals surface area contributed by atoms with Crippen molar-refractivity contribution in [2.24, 2.45) is 5.92 Å². The van der Waals surface area contributed by atoms with Crippen molar-refractivity contribution in [3.05, 3.63) is 21.6 Å². The minimum Gasteiger partial charge on any atom is -0.377 e. The van der Waals surface area contributed by atoms with Crippen LogP contribution in [0.25, 0.3) is 0 Å². The van der Waals surface area contributed by atoms with Gasteiger partial charge < -0.3 is 5.32 Å². The zero-order chi connectivity index (χ0) is 13.0. The number of rotatable bonds is 5. The highest BCUT2D eigenvalue weighted by molar-refractivity contribution is 6.32. The van der Waals surface area contributed by atoms with Crippen LogP contribution in [0.4, 0.5) is 14.5 Å². The molecule has 0 amide bonds. The Morgan fingerprint density at radius 2 is 2.18 bits per heavy atom. The van der Waals surface area contributed by atoms with Gasteiger partial charge in [-0.1, -0.05) is 25.4 Å². The molecule has 0 aliphatic heterocycles. The Kier molecular flexibility index (Phi) is 4.86. The molecule has 1 rings (SSSR count). The van der Waals surface area contributed by atoms with Crippen LogP contribution in [-0.4, -0.2) is 22.8 Å². The van der Waals surface area contributed by atoms with Crippen LogP contribution in [0.15, 0.2) is 11.0 Å². The van der Waals surface area contributed by atoms with E-state index in [1.165, 1.54) is 10.9 Å². The molecule has 17 heavy (non-hydrogen) atoms. The molecule has 0 atom stereocenters. The van der Waals surface area contributed by atoms with Crippen molar-refractivity contribution in [3.63, 3.8) is 0 Å². The first-order chi connectivity index (χ1) is 7.91. The fourth-order valence-electron chi connectivity index (χ4n) is 1.25. The van der Waals surface area contributed by atoms with Crippen molar-refractivity contribution in [2.75, 3.05) is 11.9 Å². The van der Waals surface area contributed by atoms with Gasteiger partial charge in [-0.25, -0.2) is 13.5 Å². The molecular weight excluding hydrogens is 252 g/mol. The topological polar surface area (TPSA) is 46.9 Å². The lowest BCUT2D eigenvalue weighted by atomic mass is 10.2. The second-order valence-electron chi connectivity index (χ2n) is 4.03. The first-order valence-electron chi connectivity index (χ1n) is 5.19. The molecule has 0 aliphatic carbocycles. The number of anilines is 1. The van der Waals surface area contributed by atoms with Gasteiger partial charge in [0.2, 0.25) is 0 Å². The fraction of sp³-hybridized carbons (Fsp3) is 0.600. The highest BCUT2D eigenvalue weighted by atomic mass is 35.5. The second-order valence-corrected chi connectivity index (χ2v) is 4.40. The lowest BCUT2D eigenvalue weighted by Crippen LogP contribution is -2.26. The number of alkyl halides is 2. The monoisotopic (exact) mass is 265 g/mol. The molecule has 0 spiro atoms. The Morgan fingerprint density at radius 3 is 2.71 bits per heavy atom. The number of aromatic nitrogens is 2. The van der Waals surface area contributed by atoms with Crippen LogP contribution in [-0.2, 0) is 6.54 Å². The number of hydrogen-bond donors (Lipinski definition) is 1. The van der Waals surface area contributed by atoms with E-state index in [1.54, 1.807) is 0 Å². The minimum atomic E-state index is -2.51. The maximum absolute atomic E-state index is 12.0. The van der Waals surface area contributed by atoms with Crippen LogP contribution >= 0.6 is 11.6 Å². The van der Waals surface area contributed by atoms with Gasteiger partial charge in [0.15, 0.2) is 0 Å². The normalized spacial score (nSPS) is 11.2. The lowest BCUT2D eigenvalue weighted by Gasteiger charge is -2.11. The molecule has 4 nitrogen and oxygen atoms in total. The van der Waals surface area contributed by atoms with Crippen molar-refractivity contribution in [1.29, 1.82) is 0 Å². The van der Waals surface area contributed by atoms with Gasteiger partial charge in [0.25, 0.3) is 12.0 Å². The molecule has 0 bridgehead atoms. The number of halogens is 3. The predicted octanol–water partition coefficient (Wildman–Crippen LogP) is 2.23. The van der Waals surface area contributed by atoms with Crippen molar-refractivity contribution >= 4 is 17.3 Å². The van der Waals surface area contributed by atoms with E-state index in [4.69, 9.17) is 11.6 Å². The Morgan fingerprint density at radius 1 is 1.53 bits per heavy atom. The van der Waals surface area contributed by atoms with Crippen molar-refractivity contribution in [3.8, 4) is 0 Å². The van der Waals surface area contributed by atoms with Gasteiger partial charge in [0, 0.05) is 6.54 Å². The summed E-state index contributed by atoms with van der Waals surface area (Å²) in [5.74, 6) is 0.246. The van der Waals surface area contributed by atoms with Crippen LogP contribution in [0.5, 0.6) is 0 Å². The van der Waals surface area contributed by atoms with Gasteiger partial charge in [-0.15, -0.1) is 0 Å². The standard InChI is InChI=1S/C10H14ClF2N3O/c1-6(2)5-16-10(17)9(11)7(3-15-16)14-4-8(12)13/h3,6,8,14H,4-5H2,1-2H3. The summed E-state index contributed by atoms with van der Waals surface area (Å²) in [6, 6.07) is 0. The van der Waals surface area contributed by atoms with Gasteiger partial charge >= 0.3 is 0 Å². The Hall–Kier alpha value is -1.17. The third-order valence-electron chi connectivity index (χ3n) is 1.97. The molecule has 1 heterocycles. The third kappa shape index (κ3) is 3.96. The summed E-state index contributed by atoms with van der Waals surface area (Å²) in [4.78, 5) is 11.7.